The van der Waals surface area contributed by atoms with Crippen LogP contribution in [0.15, 0.2) is 5.38 Å². The first kappa shape index (κ1) is 8.31. The lowest BCUT2D eigenvalue weighted by molar-refractivity contribution is -0.128. The van der Waals surface area contributed by atoms with Gasteiger partial charge in [0.2, 0.25) is 5.91 Å². The molecular formula is C8H10N4OS. The molecule has 2 heterocycles. The average molecular weight is 210 g/mol. The highest BCUT2D eigenvalue weighted by atomic mass is 32.1. The molecule has 0 bridgehead atoms. The van der Waals surface area contributed by atoms with Gasteiger partial charge in [0.1, 0.15) is 11.9 Å². The van der Waals surface area contributed by atoms with Gasteiger partial charge in [0.25, 0.3) is 0 Å². The van der Waals surface area contributed by atoms with Crippen molar-refractivity contribution in [2.45, 2.75) is 25.0 Å². The molecule has 2 aliphatic rings. The molecule has 6 heteroatoms. The van der Waals surface area contributed by atoms with Gasteiger partial charge in [0.05, 0.1) is 6.54 Å². The largest absolute Gasteiger partial charge is 0.317 e. The van der Waals surface area contributed by atoms with Crippen LogP contribution < -0.4 is 5.32 Å². The number of nitrogens with zero attached hydrogens (tertiary/aromatic N) is 3. The maximum atomic E-state index is 11.6. The fourth-order valence-electron chi connectivity index (χ4n) is 1.82. The van der Waals surface area contributed by atoms with E-state index in [1.807, 2.05) is 10.3 Å². The zero-order valence-corrected chi connectivity index (χ0v) is 8.33. The molecule has 1 aromatic heterocycles. The van der Waals surface area contributed by atoms with Gasteiger partial charge in [-0.1, -0.05) is 4.49 Å². The van der Waals surface area contributed by atoms with E-state index in [1.165, 1.54) is 11.5 Å². The second-order valence-corrected chi connectivity index (χ2v) is 4.26. The quantitative estimate of drug-likeness (QED) is 0.754. The second-order valence-electron chi connectivity index (χ2n) is 3.65. The van der Waals surface area contributed by atoms with Crippen LogP contribution in [-0.2, 0) is 4.79 Å². The highest BCUT2D eigenvalue weighted by Crippen LogP contribution is 2.35. The van der Waals surface area contributed by atoms with E-state index >= 15 is 0 Å². The van der Waals surface area contributed by atoms with Gasteiger partial charge in [-0.05, 0) is 24.4 Å². The van der Waals surface area contributed by atoms with E-state index in [2.05, 4.69) is 14.9 Å². The summed E-state index contributed by atoms with van der Waals surface area (Å²) in [6.07, 6.45) is 2.22. The van der Waals surface area contributed by atoms with Crippen molar-refractivity contribution in [2.24, 2.45) is 0 Å². The van der Waals surface area contributed by atoms with E-state index in [-0.39, 0.29) is 12.1 Å². The minimum atomic E-state index is -0.0336. The second kappa shape index (κ2) is 2.99. The number of hydrogen-bond donors (Lipinski definition) is 1. The van der Waals surface area contributed by atoms with Crippen molar-refractivity contribution in [1.82, 2.24) is 19.8 Å². The molecule has 0 spiro atoms. The van der Waals surface area contributed by atoms with Gasteiger partial charge in [-0.3, -0.25) is 10.1 Å². The molecule has 74 valence electrons. The van der Waals surface area contributed by atoms with Gasteiger partial charge in [0, 0.05) is 11.4 Å². The van der Waals surface area contributed by atoms with Crippen molar-refractivity contribution in [3.8, 4) is 0 Å². The number of amides is 1. The summed E-state index contributed by atoms with van der Waals surface area (Å²) in [5, 5.41) is 9.06. The zero-order valence-electron chi connectivity index (χ0n) is 7.51. The third kappa shape index (κ3) is 1.22. The molecule has 0 radical (unpaired) electrons. The Hall–Kier alpha value is -1.01. The average Bonchev–Trinajstić information content (AvgIpc) is 2.75. The number of carbonyl (C=O) groups is 1. The molecule has 1 saturated heterocycles. The van der Waals surface area contributed by atoms with E-state index in [0.717, 1.165) is 18.5 Å². The van der Waals surface area contributed by atoms with Crippen molar-refractivity contribution in [3.63, 3.8) is 0 Å². The summed E-state index contributed by atoms with van der Waals surface area (Å²) in [5.41, 5.74) is 0.868. The maximum Gasteiger partial charge on any atom is 0.238 e. The predicted octanol–water partition coefficient (Wildman–Crippen LogP) is 0.131. The smallest absolute Gasteiger partial charge is 0.238 e. The van der Waals surface area contributed by atoms with E-state index in [0.29, 0.717) is 12.6 Å². The molecule has 2 fully saturated rings. The lowest BCUT2D eigenvalue weighted by atomic mass is 10.3. The minimum absolute atomic E-state index is 0.0336. The Balaban J connectivity index is 1.88. The summed E-state index contributed by atoms with van der Waals surface area (Å²) in [4.78, 5) is 13.5. The molecule has 14 heavy (non-hydrogen) atoms. The molecule has 1 amide bonds. The Labute approximate surface area is 85.3 Å². The van der Waals surface area contributed by atoms with Gasteiger partial charge >= 0.3 is 0 Å². The number of hydrogen-bond acceptors (Lipinski definition) is 5. The molecule has 1 unspecified atom stereocenters. The summed E-state index contributed by atoms with van der Waals surface area (Å²) in [7, 11) is 0. The fourth-order valence-corrected chi connectivity index (χ4v) is 2.30. The van der Waals surface area contributed by atoms with Gasteiger partial charge in [-0.2, -0.15) is 0 Å². The lowest BCUT2D eigenvalue weighted by Gasteiger charge is -2.21. The summed E-state index contributed by atoms with van der Waals surface area (Å²) < 4.78 is 3.82. The van der Waals surface area contributed by atoms with Crippen molar-refractivity contribution in [2.75, 3.05) is 6.54 Å². The van der Waals surface area contributed by atoms with Crippen LogP contribution in [0.25, 0.3) is 0 Å². The predicted molar refractivity (Wildman–Crippen MR) is 50.5 cm³/mol. The Morgan fingerprint density at radius 1 is 1.57 bits per heavy atom. The number of carbonyl (C=O) groups excluding carboxylic acids is 1. The topological polar surface area (TPSA) is 58.1 Å². The van der Waals surface area contributed by atoms with Crippen molar-refractivity contribution >= 4 is 17.4 Å². The molecule has 1 atom stereocenters. The molecule has 1 saturated carbocycles. The normalized spacial score (nSPS) is 27.3. The summed E-state index contributed by atoms with van der Waals surface area (Å²) in [6, 6.07) is 0.434. The Kier molecular flexibility index (Phi) is 1.78. The van der Waals surface area contributed by atoms with E-state index < -0.39 is 0 Å². The Morgan fingerprint density at radius 2 is 2.43 bits per heavy atom. The molecule has 1 aromatic rings. The highest BCUT2D eigenvalue weighted by Gasteiger charge is 2.42. The van der Waals surface area contributed by atoms with Crippen LogP contribution in [0.4, 0.5) is 0 Å². The minimum Gasteiger partial charge on any atom is -0.317 e. The van der Waals surface area contributed by atoms with E-state index in [1.54, 1.807) is 0 Å². The monoisotopic (exact) mass is 210 g/mol. The highest BCUT2D eigenvalue weighted by molar-refractivity contribution is 7.03. The molecule has 1 N–H and O–H groups in total. The van der Waals surface area contributed by atoms with Gasteiger partial charge < -0.3 is 4.90 Å². The molecule has 1 aliphatic carbocycles. The third-order valence-electron chi connectivity index (χ3n) is 2.61. The van der Waals surface area contributed by atoms with Crippen molar-refractivity contribution in [1.29, 1.82) is 0 Å². The van der Waals surface area contributed by atoms with E-state index in [4.69, 9.17) is 0 Å². The number of aromatic nitrogens is 2. The first-order valence-corrected chi connectivity index (χ1v) is 5.51. The zero-order chi connectivity index (χ0) is 9.54. The van der Waals surface area contributed by atoms with Crippen LogP contribution in [0.5, 0.6) is 0 Å². The number of rotatable bonds is 2. The fraction of sp³-hybridized carbons (Fsp3) is 0.625. The third-order valence-corrected chi connectivity index (χ3v) is 3.13. The first-order chi connectivity index (χ1) is 6.86. The maximum absolute atomic E-state index is 11.6. The molecule has 5 nitrogen and oxygen atoms in total. The Morgan fingerprint density at radius 3 is 3.07 bits per heavy atom. The molecule has 3 rings (SSSR count). The van der Waals surface area contributed by atoms with Crippen molar-refractivity contribution < 1.29 is 4.79 Å². The Bertz CT molecular complexity index is 348. The molecule has 1 aliphatic heterocycles. The van der Waals surface area contributed by atoms with Crippen LogP contribution in [0.2, 0.25) is 0 Å². The van der Waals surface area contributed by atoms with Crippen LogP contribution in [0, 0.1) is 0 Å². The lowest BCUT2D eigenvalue weighted by Crippen LogP contribution is -2.32. The van der Waals surface area contributed by atoms with Gasteiger partial charge in [0.15, 0.2) is 0 Å². The summed E-state index contributed by atoms with van der Waals surface area (Å²) in [5.74, 6) is 0.186. The van der Waals surface area contributed by atoms with E-state index in [9.17, 15) is 4.79 Å². The van der Waals surface area contributed by atoms with Crippen LogP contribution in [0.3, 0.4) is 0 Å². The first-order valence-electron chi connectivity index (χ1n) is 4.68. The van der Waals surface area contributed by atoms with Crippen molar-refractivity contribution in [3.05, 3.63) is 11.1 Å². The number of nitrogens with one attached hydrogen (secondary N) is 1. The van der Waals surface area contributed by atoms with Gasteiger partial charge in [-0.15, -0.1) is 5.10 Å². The van der Waals surface area contributed by atoms with Gasteiger partial charge in [-0.25, -0.2) is 0 Å². The standard InChI is InChI=1S/C8H10N4OS/c13-7-3-9-8(6-4-14-11-10-6)12(7)5-1-2-5/h4-5,8-9H,1-3H2. The molecule has 0 aromatic carbocycles. The SMILES string of the molecule is O=C1CNC(c2csnn2)N1C1CC1. The summed E-state index contributed by atoms with van der Waals surface area (Å²) in [6.45, 7) is 0.429. The molecular weight excluding hydrogens is 200 g/mol. The van der Waals surface area contributed by atoms with Crippen LogP contribution in [0.1, 0.15) is 24.7 Å². The van der Waals surface area contributed by atoms with Crippen LogP contribution >= 0.6 is 11.5 Å². The summed E-state index contributed by atoms with van der Waals surface area (Å²) >= 11 is 1.32. The van der Waals surface area contributed by atoms with Crippen LogP contribution in [-0.4, -0.2) is 33.0 Å².